The molecule has 4 atom stereocenters. The molecule has 3 aliphatic heterocycles. The lowest BCUT2D eigenvalue weighted by Crippen LogP contribution is -2.52. The van der Waals surface area contributed by atoms with Crippen LogP contribution in [0.25, 0.3) is 0 Å². The molecule has 4 aliphatic rings. The maximum Gasteiger partial charge on any atom is 0.317 e. The molecule has 0 spiro atoms. The van der Waals surface area contributed by atoms with E-state index in [2.05, 4.69) is 40.5 Å². The fourth-order valence-electron chi connectivity index (χ4n) is 6.50. The van der Waals surface area contributed by atoms with Crippen LogP contribution in [0.5, 0.6) is 0 Å². The molecule has 2 unspecified atom stereocenters. The summed E-state index contributed by atoms with van der Waals surface area (Å²) >= 11 is 0. The molecule has 0 radical (unpaired) electrons. The number of benzene rings is 1. The number of fused-ring (bicyclic) bond motifs is 3. The summed E-state index contributed by atoms with van der Waals surface area (Å²) in [5.41, 5.74) is 0.657. The highest BCUT2D eigenvalue weighted by atomic mass is 16.4. The van der Waals surface area contributed by atoms with Crippen molar-refractivity contribution in [2.45, 2.75) is 69.6 Å². The lowest BCUT2D eigenvalue weighted by molar-refractivity contribution is -0.149. The molecule has 1 aliphatic carbocycles. The molecule has 1 saturated carbocycles. The molecule has 4 fully saturated rings. The number of rotatable bonds is 4. The number of urea groups is 1. The SMILES string of the molecule is O=C(NC1CC2CCC(C1)N2Cc1ccccc1)N1C[C@@H]2CCC[C@@]2(C(=O)O)C1. The van der Waals surface area contributed by atoms with Crippen LogP contribution in [0, 0.1) is 11.3 Å². The highest BCUT2D eigenvalue weighted by Gasteiger charge is 2.56. The van der Waals surface area contributed by atoms with E-state index in [0.717, 1.165) is 32.2 Å². The summed E-state index contributed by atoms with van der Waals surface area (Å²) in [5, 5.41) is 13.0. The molecule has 2 N–H and O–H groups in total. The first-order valence-corrected chi connectivity index (χ1v) is 11.1. The smallest absolute Gasteiger partial charge is 0.317 e. The Balaban J connectivity index is 1.19. The molecule has 29 heavy (non-hydrogen) atoms. The molecule has 0 aromatic heterocycles. The number of hydrogen-bond donors (Lipinski definition) is 2. The predicted molar refractivity (Wildman–Crippen MR) is 109 cm³/mol. The van der Waals surface area contributed by atoms with E-state index in [1.165, 1.54) is 18.4 Å². The average molecular weight is 398 g/mol. The number of carbonyl (C=O) groups is 2. The van der Waals surface area contributed by atoms with Crippen molar-refractivity contribution < 1.29 is 14.7 Å². The molecule has 5 rings (SSSR count). The van der Waals surface area contributed by atoms with Crippen LogP contribution in [0.2, 0.25) is 0 Å². The van der Waals surface area contributed by atoms with E-state index >= 15 is 0 Å². The Kier molecular flexibility index (Phi) is 4.77. The molecular weight excluding hydrogens is 366 g/mol. The minimum absolute atomic E-state index is 0.0547. The Hall–Kier alpha value is -2.08. The number of aliphatic carboxylic acids is 1. The van der Waals surface area contributed by atoms with Gasteiger partial charge in [0.05, 0.1) is 5.41 Å². The Morgan fingerprint density at radius 3 is 2.48 bits per heavy atom. The first-order valence-electron chi connectivity index (χ1n) is 11.1. The van der Waals surface area contributed by atoms with Crippen LogP contribution in [0.4, 0.5) is 4.79 Å². The Bertz CT molecular complexity index is 771. The van der Waals surface area contributed by atoms with Gasteiger partial charge in [0.25, 0.3) is 0 Å². The lowest BCUT2D eigenvalue weighted by atomic mass is 9.81. The zero-order valence-electron chi connectivity index (χ0n) is 16.9. The van der Waals surface area contributed by atoms with Gasteiger partial charge in [-0.25, -0.2) is 4.79 Å². The van der Waals surface area contributed by atoms with Crippen molar-refractivity contribution in [2.24, 2.45) is 11.3 Å². The van der Waals surface area contributed by atoms with Crippen LogP contribution < -0.4 is 5.32 Å². The summed E-state index contributed by atoms with van der Waals surface area (Å²) in [4.78, 5) is 29.2. The van der Waals surface area contributed by atoms with E-state index < -0.39 is 11.4 Å². The summed E-state index contributed by atoms with van der Waals surface area (Å²) in [6.07, 6.45) is 7.01. The summed E-state index contributed by atoms with van der Waals surface area (Å²) in [6, 6.07) is 11.8. The van der Waals surface area contributed by atoms with Crippen molar-refractivity contribution in [1.82, 2.24) is 15.1 Å². The molecular formula is C23H31N3O3. The number of carboxylic acids is 1. The van der Waals surface area contributed by atoms with E-state index in [9.17, 15) is 14.7 Å². The average Bonchev–Trinajstić information content (AvgIpc) is 3.33. The standard InChI is InChI=1S/C23H31N3O3/c27-21(28)23-10-4-7-17(23)14-25(15-23)22(29)24-18-11-19-8-9-20(12-18)26(19)13-16-5-2-1-3-6-16/h1-3,5-6,17-20H,4,7-15H2,(H,24,29)(H,27,28)/t17-,18?,19?,20?,23+/m0/s1. The largest absolute Gasteiger partial charge is 0.481 e. The quantitative estimate of drug-likeness (QED) is 0.819. The molecule has 3 heterocycles. The number of nitrogens with one attached hydrogen (secondary N) is 1. The van der Waals surface area contributed by atoms with Gasteiger partial charge in [-0.1, -0.05) is 36.8 Å². The van der Waals surface area contributed by atoms with Gasteiger partial charge in [0.1, 0.15) is 0 Å². The fraction of sp³-hybridized carbons (Fsp3) is 0.652. The second-order valence-corrected chi connectivity index (χ2v) is 9.59. The number of likely N-dealkylation sites (tertiary alicyclic amines) is 1. The van der Waals surface area contributed by atoms with Gasteiger partial charge in [0.15, 0.2) is 0 Å². The summed E-state index contributed by atoms with van der Waals surface area (Å²) in [6.45, 7) is 1.96. The topological polar surface area (TPSA) is 72.9 Å². The van der Waals surface area contributed by atoms with Crippen LogP contribution in [-0.4, -0.2) is 58.1 Å². The normalized spacial score (nSPS) is 36.2. The first-order chi connectivity index (χ1) is 14.0. The maximum atomic E-state index is 12.9. The minimum atomic E-state index is -0.720. The van der Waals surface area contributed by atoms with Crippen LogP contribution in [-0.2, 0) is 11.3 Å². The highest BCUT2D eigenvalue weighted by Crippen LogP contribution is 2.49. The molecule has 156 valence electrons. The molecule has 3 saturated heterocycles. The van der Waals surface area contributed by atoms with E-state index in [0.29, 0.717) is 31.6 Å². The predicted octanol–water partition coefficient (Wildman–Crippen LogP) is 3.08. The van der Waals surface area contributed by atoms with Crippen LogP contribution in [0.3, 0.4) is 0 Å². The van der Waals surface area contributed by atoms with Crippen LogP contribution in [0.15, 0.2) is 30.3 Å². The Morgan fingerprint density at radius 1 is 1.10 bits per heavy atom. The third kappa shape index (κ3) is 3.31. The van der Waals surface area contributed by atoms with Gasteiger partial charge in [-0.3, -0.25) is 9.69 Å². The van der Waals surface area contributed by atoms with Crippen molar-refractivity contribution in [1.29, 1.82) is 0 Å². The minimum Gasteiger partial charge on any atom is -0.481 e. The number of hydrogen-bond acceptors (Lipinski definition) is 3. The number of amides is 2. The number of carboxylic acid groups (broad SMARTS) is 1. The van der Waals surface area contributed by atoms with Gasteiger partial charge in [-0.15, -0.1) is 0 Å². The highest BCUT2D eigenvalue weighted by molar-refractivity contribution is 5.80. The Labute approximate surface area is 172 Å². The number of carbonyl (C=O) groups excluding carboxylic acids is 1. The van der Waals surface area contributed by atoms with E-state index in [1.807, 2.05) is 0 Å². The summed E-state index contributed by atoms with van der Waals surface area (Å²) in [5.74, 6) is -0.600. The first kappa shape index (κ1) is 18.9. The monoisotopic (exact) mass is 397 g/mol. The van der Waals surface area contributed by atoms with Gasteiger partial charge in [-0.2, -0.15) is 0 Å². The van der Waals surface area contributed by atoms with E-state index in [4.69, 9.17) is 0 Å². The second-order valence-electron chi connectivity index (χ2n) is 9.59. The van der Waals surface area contributed by atoms with Crippen molar-refractivity contribution in [3.63, 3.8) is 0 Å². The van der Waals surface area contributed by atoms with Gasteiger partial charge in [0.2, 0.25) is 0 Å². The van der Waals surface area contributed by atoms with Gasteiger partial charge >= 0.3 is 12.0 Å². The van der Waals surface area contributed by atoms with Crippen LogP contribution >= 0.6 is 0 Å². The van der Waals surface area contributed by atoms with E-state index in [1.54, 1.807) is 4.90 Å². The number of piperidine rings is 1. The molecule has 6 nitrogen and oxygen atoms in total. The molecule has 2 bridgehead atoms. The number of nitrogens with zero attached hydrogens (tertiary/aromatic N) is 2. The third-order valence-corrected chi connectivity index (χ3v) is 8.00. The molecule has 2 amide bonds. The lowest BCUT2D eigenvalue weighted by Gasteiger charge is -2.39. The molecule has 6 heteroatoms. The van der Waals surface area contributed by atoms with Crippen LogP contribution in [0.1, 0.15) is 50.5 Å². The maximum absolute atomic E-state index is 12.9. The summed E-state index contributed by atoms with van der Waals surface area (Å²) < 4.78 is 0. The van der Waals surface area contributed by atoms with Crippen molar-refractivity contribution in [3.8, 4) is 0 Å². The third-order valence-electron chi connectivity index (χ3n) is 8.00. The van der Waals surface area contributed by atoms with E-state index in [-0.39, 0.29) is 18.0 Å². The second kappa shape index (κ2) is 7.31. The zero-order chi connectivity index (χ0) is 20.0. The van der Waals surface area contributed by atoms with Gasteiger partial charge in [-0.05, 0) is 50.0 Å². The van der Waals surface area contributed by atoms with Gasteiger partial charge < -0.3 is 15.3 Å². The molecule has 1 aromatic carbocycles. The van der Waals surface area contributed by atoms with Crippen molar-refractivity contribution >= 4 is 12.0 Å². The Morgan fingerprint density at radius 2 is 1.83 bits per heavy atom. The zero-order valence-corrected chi connectivity index (χ0v) is 16.9. The van der Waals surface area contributed by atoms with Gasteiger partial charge in [0, 0.05) is 37.8 Å². The summed E-state index contributed by atoms with van der Waals surface area (Å²) in [7, 11) is 0. The van der Waals surface area contributed by atoms with Crippen molar-refractivity contribution in [3.05, 3.63) is 35.9 Å². The fourth-order valence-corrected chi connectivity index (χ4v) is 6.50. The van der Waals surface area contributed by atoms with Crippen molar-refractivity contribution in [2.75, 3.05) is 13.1 Å². The molecule has 1 aromatic rings.